The summed E-state index contributed by atoms with van der Waals surface area (Å²) in [5, 5.41) is 0. The molecule has 0 atom stereocenters. The van der Waals surface area contributed by atoms with Crippen LogP contribution in [-0.2, 0) is 6.42 Å². The molecule has 1 fully saturated rings. The predicted octanol–water partition coefficient (Wildman–Crippen LogP) is 5.98. The van der Waals surface area contributed by atoms with Crippen LogP contribution in [0.3, 0.4) is 0 Å². The minimum absolute atomic E-state index is 0.770. The van der Waals surface area contributed by atoms with Crippen LogP contribution in [0.4, 0.5) is 0 Å². The van der Waals surface area contributed by atoms with Gasteiger partial charge < -0.3 is 4.90 Å². The van der Waals surface area contributed by atoms with Crippen LogP contribution < -0.4 is 0 Å². The van der Waals surface area contributed by atoms with Gasteiger partial charge in [-0.15, -0.1) is 0 Å². The first-order valence-electron chi connectivity index (χ1n) is 9.78. The van der Waals surface area contributed by atoms with Crippen molar-refractivity contribution in [3.05, 3.63) is 96.1 Å². The molecular weight excluding hydrogens is 346 g/mol. The SMILES string of the molecule is S=C(c1ccc(-c2ccccc2)cc1)N1CCC(Cc2ccccc2)CC1. The highest BCUT2D eigenvalue weighted by Gasteiger charge is 2.21. The Bertz CT molecular complexity index is 863. The van der Waals surface area contributed by atoms with Gasteiger partial charge in [0.25, 0.3) is 0 Å². The molecular formula is C25H25NS. The predicted molar refractivity (Wildman–Crippen MR) is 118 cm³/mol. The minimum Gasteiger partial charge on any atom is -0.362 e. The Balaban J connectivity index is 1.35. The molecule has 2 heteroatoms. The fourth-order valence-corrected chi connectivity index (χ4v) is 4.22. The number of hydrogen-bond donors (Lipinski definition) is 0. The Labute approximate surface area is 167 Å². The molecule has 1 heterocycles. The Hall–Kier alpha value is -2.45. The second-order valence-electron chi connectivity index (χ2n) is 7.37. The van der Waals surface area contributed by atoms with E-state index in [1.807, 2.05) is 0 Å². The van der Waals surface area contributed by atoms with Gasteiger partial charge in [0.05, 0.1) is 0 Å². The van der Waals surface area contributed by atoms with E-state index in [0.717, 1.165) is 29.6 Å². The zero-order chi connectivity index (χ0) is 18.5. The second kappa shape index (κ2) is 8.49. The van der Waals surface area contributed by atoms with Crippen molar-refractivity contribution in [3.8, 4) is 11.1 Å². The molecule has 1 nitrogen and oxygen atoms in total. The van der Waals surface area contributed by atoms with Crippen molar-refractivity contribution in [3.63, 3.8) is 0 Å². The average molecular weight is 372 g/mol. The third-order valence-electron chi connectivity index (χ3n) is 5.51. The van der Waals surface area contributed by atoms with Crippen molar-refractivity contribution in [2.24, 2.45) is 5.92 Å². The molecule has 3 aromatic carbocycles. The maximum absolute atomic E-state index is 5.79. The molecule has 3 aromatic rings. The maximum Gasteiger partial charge on any atom is 0.109 e. The number of nitrogens with zero attached hydrogens (tertiary/aromatic N) is 1. The number of rotatable bonds is 4. The lowest BCUT2D eigenvalue weighted by Gasteiger charge is -2.34. The zero-order valence-corrected chi connectivity index (χ0v) is 16.4. The summed E-state index contributed by atoms with van der Waals surface area (Å²) in [6.45, 7) is 2.13. The summed E-state index contributed by atoms with van der Waals surface area (Å²) in [4.78, 5) is 3.38. The van der Waals surface area contributed by atoms with Crippen molar-refractivity contribution >= 4 is 17.2 Å². The summed E-state index contributed by atoms with van der Waals surface area (Å²) >= 11 is 5.79. The molecule has 0 aromatic heterocycles. The molecule has 0 unspecified atom stereocenters. The summed E-state index contributed by atoms with van der Waals surface area (Å²) in [7, 11) is 0. The van der Waals surface area contributed by atoms with Crippen LogP contribution in [0.1, 0.15) is 24.0 Å². The summed E-state index contributed by atoms with van der Waals surface area (Å²) in [6.07, 6.45) is 3.63. The third kappa shape index (κ3) is 4.45. The first-order valence-corrected chi connectivity index (χ1v) is 10.2. The highest BCUT2D eigenvalue weighted by Crippen LogP contribution is 2.24. The van der Waals surface area contributed by atoms with Crippen molar-refractivity contribution < 1.29 is 0 Å². The molecule has 136 valence electrons. The number of thiocarbonyl (C=S) groups is 1. The Morgan fingerprint density at radius 1 is 0.741 bits per heavy atom. The zero-order valence-electron chi connectivity index (χ0n) is 15.6. The summed E-state index contributed by atoms with van der Waals surface area (Å²) in [5.41, 5.74) is 5.10. The smallest absolute Gasteiger partial charge is 0.109 e. The Morgan fingerprint density at radius 2 is 1.30 bits per heavy atom. The highest BCUT2D eigenvalue weighted by molar-refractivity contribution is 7.80. The van der Waals surface area contributed by atoms with Gasteiger partial charge in [-0.05, 0) is 41.9 Å². The normalized spacial score (nSPS) is 14.9. The molecule has 0 aliphatic carbocycles. The summed E-state index contributed by atoms with van der Waals surface area (Å²) < 4.78 is 0. The molecule has 1 saturated heterocycles. The third-order valence-corrected chi connectivity index (χ3v) is 6.00. The van der Waals surface area contributed by atoms with Crippen molar-refractivity contribution in [1.29, 1.82) is 0 Å². The Morgan fingerprint density at radius 3 is 1.93 bits per heavy atom. The van der Waals surface area contributed by atoms with Gasteiger partial charge in [-0.25, -0.2) is 0 Å². The van der Waals surface area contributed by atoms with Gasteiger partial charge in [0.2, 0.25) is 0 Å². The van der Waals surface area contributed by atoms with Crippen LogP contribution >= 0.6 is 12.2 Å². The number of piperidine rings is 1. The molecule has 0 amide bonds. The molecule has 0 N–H and O–H groups in total. The van der Waals surface area contributed by atoms with E-state index in [-0.39, 0.29) is 0 Å². The number of likely N-dealkylation sites (tertiary alicyclic amines) is 1. The molecule has 1 aliphatic rings. The van der Waals surface area contributed by atoms with E-state index in [1.165, 1.54) is 36.0 Å². The number of hydrogen-bond acceptors (Lipinski definition) is 1. The first kappa shape index (κ1) is 17.9. The summed E-state index contributed by atoms with van der Waals surface area (Å²) in [6, 6.07) is 30.0. The molecule has 4 rings (SSSR count). The molecule has 0 saturated carbocycles. The van der Waals surface area contributed by atoms with Crippen LogP contribution in [-0.4, -0.2) is 23.0 Å². The monoisotopic (exact) mass is 371 g/mol. The van der Waals surface area contributed by atoms with E-state index in [1.54, 1.807) is 0 Å². The van der Waals surface area contributed by atoms with Gasteiger partial charge in [0.15, 0.2) is 0 Å². The quantitative estimate of drug-likeness (QED) is 0.519. The van der Waals surface area contributed by atoms with Gasteiger partial charge >= 0.3 is 0 Å². The Kier molecular flexibility index (Phi) is 5.64. The van der Waals surface area contributed by atoms with E-state index in [9.17, 15) is 0 Å². The lowest BCUT2D eigenvalue weighted by molar-refractivity contribution is 0.268. The van der Waals surface area contributed by atoms with Crippen molar-refractivity contribution in [2.75, 3.05) is 13.1 Å². The summed E-state index contributed by atoms with van der Waals surface area (Å²) in [5.74, 6) is 0.770. The first-order chi connectivity index (χ1) is 13.3. The maximum atomic E-state index is 5.79. The van der Waals surface area contributed by atoms with Crippen molar-refractivity contribution in [1.82, 2.24) is 4.90 Å². The average Bonchev–Trinajstić information content (AvgIpc) is 2.75. The van der Waals surface area contributed by atoms with Gasteiger partial charge in [-0.3, -0.25) is 0 Å². The van der Waals surface area contributed by atoms with E-state index in [2.05, 4.69) is 89.8 Å². The van der Waals surface area contributed by atoms with E-state index < -0.39 is 0 Å². The lowest BCUT2D eigenvalue weighted by Crippen LogP contribution is -2.38. The van der Waals surface area contributed by atoms with Crippen LogP contribution in [0.15, 0.2) is 84.9 Å². The van der Waals surface area contributed by atoms with Gasteiger partial charge in [-0.1, -0.05) is 97.1 Å². The fraction of sp³-hybridized carbons (Fsp3) is 0.240. The standard InChI is InChI=1S/C25H25NS/c27-25(24-13-11-23(12-14-24)22-9-5-2-6-10-22)26-17-15-21(16-18-26)19-20-7-3-1-4-8-20/h1-14,21H,15-19H2. The van der Waals surface area contributed by atoms with Gasteiger partial charge in [0.1, 0.15) is 4.99 Å². The van der Waals surface area contributed by atoms with E-state index in [0.29, 0.717) is 0 Å². The van der Waals surface area contributed by atoms with Crippen molar-refractivity contribution in [2.45, 2.75) is 19.3 Å². The molecule has 1 aliphatic heterocycles. The van der Waals surface area contributed by atoms with Crippen LogP contribution in [0.25, 0.3) is 11.1 Å². The lowest BCUT2D eigenvalue weighted by atomic mass is 9.90. The minimum atomic E-state index is 0.770. The van der Waals surface area contributed by atoms with E-state index in [4.69, 9.17) is 12.2 Å². The fourth-order valence-electron chi connectivity index (χ4n) is 3.91. The molecule has 27 heavy (non-hydrogen) atoms. The second-order valence-corrected chi connectivity index (χ2v) is 7.76. The molecule has 0 radical (unpaired) electrons. The van der Waals surface area contributed by atoms with Crippen LogP contribution in [0, 0.1) is 5.92 Å². The molecule has 0 spiro atoms. The van der Waals surface area contributed by atoms with Gasteiger partial charge in [0, 0.05) is 18.7 Å². The largest absolute Gasteiger partial charge is 0.362 e. The highest BCUT2D eigenvalue weighted by atomic mass is 32.1. The topological polar surface area (TPSA) is 3.24 Å². The van der Waals surface area contributed by atoms with E-state index >= 15 is 0 Å². The number of benzene rings is 3. The van der Waals surface area contributed by atoms with Crippen LogP contribution in [0.2, 0.25) is 0 Å². The van der Waals surface area contributed by atoms with Crippen LogP contribution in [0.5, 0.6) is 0 Å². The molecule has 0 bridgehead atoms. The van der Waals surface area contributed by atoms with Gasteiger partial charge in [-0.2, -0.15) is 0 Å².